The van der Waals surface area contributed by atoms with Gasteiger partial charge < -0.3 is 25.7 Å². The Hall–Kier alpha value is -0.974. The maximum absolute atomic E-state index is 9.97. The van der Waals surface area contributed by atoms with E-state index < -0.39 is 0 Å². The minimum absolute atomic E-state index is 0. The quantitative estimate of drug-likeness (QED) is 0.124. The molecule has 0 aliphatic rings. The number of anilines is 2. The van der Waals surface area contributed by atoms with Gasteiger partial charge in [-0.25, -0.2) is 0 Å². The summed E-state index contributed by atoms with van der Waals surface area (Å²) in [6.07, 6.45) is 2.73. The molecule has 1 heterocycles. The first-order chi connectivity index (χ1) is 18.7. The monoisotopic (exact) mass is 610 g/mol. The van der Waals surface area contributed by atoms with Crippen molar-refractivity contribution in [1.82, 2.24) is 4.98 Å². The third-order valence-corrected chi connectivity index (χ3v) is 7.19. The van der Waals surface area contributed by atoms with Gasteiger partial charge in [0.15, 0.2) is 0 Å². The van der Waals surface area contributed by atoms with E-state index in [1.165, 1.54) is 17.6 Å². The molecular formula is C31H44ClKN4O2S. The summed E-state index contributed by atoms with van der Waals surface area (Å²) in [5.41, 5.74) is 11.4. The third kappa shape index (κ3) is 10.7. The Morgan fingerprint density at radius 2 is 1.80 bits per heavy atom. The van der Waals surface area contributed by atoms with Gasteiger partial charge in [-0.3, -0.25) is 4.98 Å². The number of aliphatic hydroxyl groups is 1. The van der Waals surface area contributed by atoms with Gasteiger partial charge >= 0.3 is 51.4 Å². The number of nitrogen functional groups attached to an aromatic ring is 1. The number of aromatic nitrogens is 1. The van der Waals surface area contributed by atoms with Gasteiger partial charge in [0.1, 0.15) is 5.75 Å². The molecule has 2 unspecified atom stereocenters. The fourth-order valence-electron chi connectivity index (χ4n) is 4.08. The zero-order chi connectivity index (χ0) is 29.0. The van der Waals surface area contributed by atoms with Crippen molar-refractivity contribution in [2.24, 2.45) is 0 Å². The van der Waals surface area contributed by atoms with Crippen molar-refractivity contribution >= 4 is 40.7 Å². The molecule has 0 bridgehead atoms. The molecule has 0 fully saturated rings. The van der Waals surface area contributed by atoms with E-state index in [0.717, 1.165) is 34.9 Å². The van der Waals surface area contributed by atoms with Crippen LogP contribution in [-0.2, 0) is 5.41 Å². The Labute approximate surface area is 293 Å². The molecule has 2 atom stereocenters. The molecular weight excluding hydrogens is 567 g/mol. The number of hydrogen-bond acceptors (Lipinski definition) is 6. The zero-order valence-corrected chi connectivity index (χ0v) is 30.0. The van der Waals surface area contributed by atoms with Crippen LogP contribution in [0.15, 0.2) is 54.7 Å². The minimum Gasteiger partial charge on any atom is -0.676 e. The van der Waals surface area contributed by atoms with E-state index in [9.17, 15) is 5.11 Å². The van der Waals surface area contributed by atoms with Gasteiger partial charge in [0.2, 0.25) is 0 Å². The summed E-state index contributed by atoms with van der Waals surface area (Å²) < 4.78 is 5.56. The van der Waals surface area contributed by atoms with Crippen LogP contribution in [0.3, 0.4) is 0 Å². The molecule has 4 N–H and O–H groups in total. The summed E-state index contributed by atoms with van der Waals surface area (Å²) >= 11 is 7.65. The Kier molecular flexibility index (Phi) is 17.2. The van der Waals surface area contributed by atoms with E-state index in [4.69, 9.17) is 31.8 Å². The second-order valence-electron chi connectivity index (χ2n) is 9.80. The Morgan fingerprint density at radius 3 is 2.38 bits per heavy atom. The van der Waals surface area contributed by atoms with Gasteiger partial charge in [-0.15, -0.1) is 5.69 Å². The molecule has 0 spiro atoms. The summed E-state index contributed by atoms with van der Waals surface area (Å²) in [4.78, 5) is 4.71. The fraction of sp³-hybridized carbons (Fsp3) is 0.452. The van der Waals surface area contributed by atoms with Crippen LogP contribution >= 0.6 is 23.6 Å². The van der Waals surface area contributed by atoms with Crippen molar-refractivity contribution in [1.29, 1.82) is 0 Å². The number of pyridine rings is 1. The Morgan fingerprint density at radius 1 is 1.12 bits per heavy atom. The van der Waals surface area contributed by atoms with Gasteiger partial charge in [-0.05, 0) is 42.2 Å². The number of rotatable bonds is 13. The van der Waals surface area contributed by atoms with Crippen molar-refractivity contribution in [3.63, 3.8) is 0 Å². The third-order valence-electron chi connectivity index (χ3n) is 6.44. The molecule has 0 saturated carbocycles. The van der Waals surface area contributed by atoms with E-state index in [1.807, 2.05) is 69.3 Å². The summed E-state index contributed by atoms with van der Waals surface area (Å²) in [6, 6.07) is 15.0. The number of benzene rings is 2. The first-order valence-corrected chi connectivity index (χ1v) is 15.0. The van der Waals surface area contributed by atoms with Crippen LogP contribution < -0.4 is 66.6 Å². The first-order valence-electron chi connectivity index (χ1n) is 13.7. The van der Waals surface area contributed by atoms with Crippen LogP contribution in [0.5, 0.6) is 5.75 Å². The topological polar surface area (TPSA) is 94.5 Å². The minimum atomic E-state index is -0.389. The molecule has 0 aliphatic heterocycles. The Balaban J connectivity index is 0.00000261. The molecule has 6 nitrogen and oxygen atoms in total. The predicted octanol–water partition coefficient (Wildman–Crippen LogP) is 6.04. The second kappa shape index (κ2) is 18.5. The number of halogens is 1. The molecule has 40 heavy (non-hydrogen) atoms. The molecule has 1 aromatic heterocycles. The van der Waals surface area contributed by atoms with Crippen LogP contribution in [0.1, 0.15) is 83.7 Å². The van der Waals surface area contributed by atoms with Crippen LogP contribution in [0, 0.1) is 0 Å². The van der Waals surface area contributed by atoms with Crippen molar-refractivity contribution < 1.29 is 60.7 Å². The first kappa shape index (κ1) is 37.1. The molecule has 0 saturated heterocycles. The molecule has 9 heteroatoms. The van der Waals surface area contributed by atoms with Gasteiger partial charge in [-0.2, -0.15) is 0 Å². The smallest absolute Gasteiger partial charge is 0.676 e. The zero-order valence-electron chi connectivity index (χ0n) is 25.3. The second-order valence-corrected chi connectivity index (χ2v) is 11.2. The van der Waals surface area contributed by atoms with Gasteiger partial charge in [0.05, 0.1) is 34.1 Å². The molecule has 3 rings (SSSR count). The predicted molar refractivity (Wildman–Crippen MR) is 170 cm³/mol. The normalized spacial score (nSPS) is 12.3. The number of aliphatic hydroxyl groups excluding tert-OH is 1. The average Bonchev–Trinajstić information content (AvgIpc) is 2.95. The largest absolute Gasteiger partial charge is 1.00 e. The molecule has 0 aliphatic carbocycles. The molecule has 0 amide bonds. The maximum Gasteiger partial charge on any atom is 1.00 e. The summed E-state index contributed by atoms with van der Waals surface area (Å²) in [7, 11) is 0. The molecule has 0 radical (unpaired) electrons. The van der Waals surface area contributed by atoms with Crippen molar-refractivity contribution in [3.8, 4) is 5.75 Å². The summed E-state index contributed by atoms with van der Waals surface area (Å²) in [6.45, 7) is 15.3. The summed E-state index contributed by atoms with van der Waals surface area (Å²) in [5, 5.41) is 18.8. The SMILES string of the molecule is CC.CCSOc1ccc(C(CO)[N-]c2ccc(NCC(C)(C)c3ncc(Cl)cc3C(C)CC)c(N)c2)cc1.[K+]. The fourth-order valence-corrected chi connectivity index (χ4v) is 4.61. The molecule has 2 aromatic carbocycles. The molecule has 3 aromatic rings. The molecule has 214 valence electrons. The van der Waals surface area contributed by atoms with Crippen molar-refractivity contribution in [2.75, 3.05) is 30.0 Å². The van der Waals surface area contributed by atoms with Crippen LogP contribution in [0.2, 0.25) is 5.02 Å². The number of nitrogens with zero attached hydrogens (tertiary/aromatic N) is 2. The van der Waals surface area contributed by atoms with E-state index in [1.54, 1.807) is 6.20 Å². The van der Waals surface area contributed by atoms with Crippen LogP contribution in [-0.4, -0.2) is 29.0 Å². The maximum atomic E-state index is 9.97. The van der Waals surface area contributed by atoms with E-state index in [2.05, 4.69) is 33.0 Å². The number of nitrogens with two attached hydrogens (primary N) is 1. The van der Waals surface area contributed by atoms with Gasteiger partial charge in [0.25, 0.3) is 0 Å². The Bertz CT molecular complexity index is 1160. The number of nitrogens with one attached hydrogen (secondary N) is 1. The van der Waals surface area contributed by atoms with Crippen molar-refractivity contribution in [3.05, 3.63) is 81.9 Å². The van der Waals surface area contributed by atoms with Crippen LogP contribution in [0.25, 0.3) is 5.32 Å². The number of hydrogen-bond donors (Lipinski definition) is 3. The van der Waals surface area contributed by atoms with Crippen LogP contribution in [0.4, 0.5) is 17.1 Å². The standard InChI is InChI=1S/C29H38ClN4O2S.C2H6.K/c1-6-19(3)24-14-21(30)16-32-28(24)29(4,5)18-33-26-13-10-22(15-25(26)31)34-27(17-35)20-8-11-23(12-9-20)36-37-7-2;1-2;/h8-16,19,27,33,35H,6-7,17-18,31H2,1-5H3;1-2H3;/q-1;;+1. The average molecular weight is 611 g/mol. The summed E-state index contributed by atoms with van der Waals surface area (Å²) in [5.74, 6) is 2.02. The van der Waals surface area contributed by atoms with E-state index in [0.29, 0.717) is 28.9 Å². The van der Waals surface area contributed by atoms with Crippen molar-refractivity contribution in [2.45, 2.75) is 72.3 Å². The van der Waals surface area contributed by atoms with E-state index in [-0.39, 0.29) is 69.4 Å². The van der Waals surface area contributed by atoms with E-state index >= 15 is 0 Å². The van der Waals surface area contributed by atoms with Gasteiger partial charge in [0, 0.05) is 30.5 Å². The van der Waals surface area contributed by atoms with Gasteiger partial charge in [-0.1, -0.05) is 95.9 Å².